The van der Waals surface area contributed by atoms with Crippen LogP contribution < -0.4 is 0 Å². The number of carbonyl (C=O) groups excluding carboxylic acids is 1. The highest BCUT2D eigenvalue weighted by atomic mass is 32.2. The van der Waals surface area contributed by atoms with Crippen molar-refractivity contribution >= 4 is 18.0 Å². The van der Waals surface area contributed by atoms with Crippen molar-refractivity contribution in [3.05, 3.63) is 6.33 Å². The topological polar surface area (TPSA) is 58.6 Å². The van der Waals surface area contributed by atoms with Crippen LogP contribution in [0.2, 0.25) is 0 Å². The van der Waals surface area contributed by atoms with Crippen molar-refractivity contribution in [2.75, 3.05) is 5.75 Å². The molecular weight excluding hydrogens is 150 g/mol. The van der Waals surface area contributed by atoms with E-state index in [-0.39, 0.29) is 0 Å². The third-order valence-electron chi connectivity index (χ3n) is 0.867. The molecule has 0 amide bonds. The normalized spacial score (nSPS) is 9.60. The molecular formula is C5H7N3OS. The lowest BCUT2D eigenvalue weighted by Crippen LogP contribution is -1.81. The zero-order valence-corrected chi connectivity index (χ0v) is 6.10. The van der Waals surface area contributed by atoms with Crippen molar-refractivity contribution in [3.8, 4) is 0 Å². The minimum Gasteiger partial charge on any atom is -0.303 e. The standard InChI is InChI=1S/C5H7N3OS/c9-2-1-3-10-5-6-4-7-8-5/h2,4H,1,3H2,(H,6,7,8). The number of aromatic nitrogens is 3. The SMILES string of the molecule is O=CCCSc1ncn[nH]1. The minimum absolute atomic E-state index is 0.561. The van der Waals surface area contributed by atoms with Gasteiger partial charge in [-0.05, 0) is 0 Å². The lowest BCUT2D eigenvalue weighted by molar-refractivity contribution is -0.107. The largest absolute Gasteiger partial charge is 0.303 e. The van der Waals surface area contributed by atoms with Crippen molar-refractivity contribution in [2.24, 2.45) is 0 Å². The number of H-pyrrole nitrogens is 1. The maximum absolute atomic E-state index is 9.87. The van der Waals surface area contributed by atoms with Crippen LogP contribution >= 0.6 is 11.8 Å². The van der Waals surface area contributed by atoms with Gasteiger partial charge in [0.1, 0.15) is 12.6 Å². The van der Waals surface area contributed by atoms with Gasteiger partial charge in [0.15, 0.2) is 5.16 Å². The Kier molecular flexibility index (Phi) is 2.95. The van der Waals surface area contributed by atoms with E-state index in [1.54, 1.807) is 0 Å². The Bertz CT molecular complexity index is 187. The fraction of sp³-hybridized carbons (Fsp3) is 0.400. The second kappa shape index (κ2) is 4.05. The molecule has 1 aromatic rings. The van der Waals surface area contributed by atoms with Gasteiger partial charge in [0.2, 0.25) is 0 Å². The number of aldehydes is 1. The number of hydrogen-bond acceptors (Lipinski definition) is 4. The summed E-state index contributed by atoms with van der Waals surface area (Å²) in [7, 11) is 0. The van der Waals surface area contributed by atoms with Crippen LogP contribution in [-0.2, 0) is 4.79 Å². The fourth-order valence-electron chi connectivity index (χ4n) is 0.468. The summed E-state index contributed by atoms with van der Waals surface area (Å²) in [4.78, 5) is 13.7. The Balaban J connectivity index is 2.21. The number of aromatic amines is 1. The maximum Gasteiger partial charge on any atom is 0.183 e. The Morgan fingerprint density at radius 2 is 2.70 bits per heavy atom. The van der Waals surface area contributed by atoms with Gasteiger partial charge in [-0.1, -0.05) is 11.8 Å². The van der Waals surface area contributed by atoms with Crippen LogP contribution in [0, 0.1) is 0 Å². The van der Waals surface area contributed by atoms with E-state index < -0.39 is 0 Å². The predicted octanol–water partition coefficient (Wildman–Crippen LogP) is 0.486. The van der Waals surface area contributed by atoms with Gasteiger partial charge in [0.05, 0.1) is 0 Å². The zero-order chi connectivity index (χ0) is 7.23. The number of thioether (sulfide) groups is 1. The van der Waals surface area contributed by atoms with Gasteiger partial charge in [-0.15, -0.1) is 0 Å². The van der Waals surface area contributed by atoms with Gasteiger partial charge in [-0.3, -0.25) is 5.10 Å². The molecule has 0 radical (unpaired) electrons. The van der Waals surface area contributed by atoms with Crippen LogP contribution in [0.3, 0.4) is 0 Å². The quantitative estimate of drug-likeness (QED) is 0.392. The predicted molar refractivity (Wildman–Crippen MR) is 37.8 cm³/mol. The molecule has 0 saturated carbocycles. The van der Waals surface area contributed by atoms with E-state index in [1.807, 2.05) is 0 Å². The molecule has 0 bridgehead atoms. The summed E-state index contributed by atoms with van der Waals surface area (Å²) in [5.41, 5.74) is 0. The van der Waals surface area contributed by atoms with Crippen LogP contribution in [0.1, 0.15) is 6.42 Å². The van der Waals surface area contributed by atoms with Gasteiger partial charge >= 0.3 is 0 Å². The van der Waals surface area contributed by atoms with Crippen LogP contribution in [0.4, 0.5) is 0 Å². The van der Waals surface area contributed by atoms with Gasteiger partial charge < -0.3 is 4.79 Å². The molecule has 0 spiro atoms. The van der Waals surface area contributed by atoms with Crippen LogP contribution in [0.5, 0.6) is 0 Å². The molecule has 0 aromatic carbocycles. The summed E-state index contributed by atoms with van der Waals surface area (Å²) >= 11 is 1.49. The molecule has 0 aliphatic carbocycles. The van der Waals surface area contributed by atoms with E-state index in [0.717, 1.165) is 17.2 Å². The number of rotatable bonds is 4. The van der Waals surface area contributed by atoms with Gasteiger partial charge in [-0.25, -0.2) is 4.98 Å². The second-order valence-corrected chi connectivity index (χ2v) is 2.68. The fourth-order valence-corrected chi connectivity index (χ4v) is 1.11. The number of hydrogen-bond donors (Lipinski definition) is 1. The molecule has 0 fully saturated rings. The second-order valence-electron chi connectivity index (χ2n) is 1.59. The monoisotopic (exact) mass is 157 g/mol. The first-order valence-corrected chi connectivity index (χ1v) is 3.84. The molecule has 0 aliphatic rings. The molecule has 54 valence electrons. The smallest absolute Gasteiger partial charge is 0.183 e. The molecule has 0 aliphatic heterocycles. The van der Waals surface area contributed by atoms with Crippen molar-refractivity contribution in [3.63, 3.8) is 0 Å². The Hall–Kier alpha value is -0.840. The first-order chi connectivity index (χ1) is 4.93. The highest BCUT2D eigenvalue weighted by Crippen LogP contribution is 2.10. The maximum atomic E-state index is 9.87. The van der Waals surface area contributed by atoms with Crippen LogP contribution in [0.15, 0.2) is 11.5 Å². The molecule has 0 saturated heterocycles. The van der Waals surface area contributed by atoms with Crippen LogP contribution in [-0.4, -0.2) is 27.2 Å². The zero-order valence-electron chi connectivity index (χ0n) is 5.28. The first-order valence-electron chi connectivity index (χ1n) is 2.85. The molecule has 1 heterocycles. The number of nitrogens with zero attached hydrogens (tertiary/aromatic N) is 2. The van der Waals surface area contributed by atoms with Crippen molar-refractivity contribution < 1.29 is 4.79 Å². The molecule has 1 aromatic heterocycles. The van der Waals surface area contributed by atoms with Gasteiger partial charge in [-0.2, -0.15) is 5.10 Å². The van der Waals surface area contributed by atoms with E-state index in [0.29, 0.717) is 6.42 Å². The van der Waals surface area contributed by atoms with Crippen LogP contribution in [0.25, 0.3) is 0 Å². The van der Waals surface area contributed by atoms with Gasteiger partial charge in [0.25, 0.3) is 0 Å². The average molecular weight is 157 g/mol. The summed E-state index contributed by atoms with van der Waals surface area (Å²) in [5.74, 6) is 0.763. The molecule has 1 rings (SSSR count). The minimum atomic E-state index is 0.561. The van der Waals surface area contributed by atoms with Crippen molar-refractivity contribution in [1.82, 2.24) is 15.2 Å². The lowest BCUT2D eigenvalue weighted by atomic mass is 10.6. The van der Waals surface area contributed by atoms with E-state index >= 15 is 0 Å². The van der Waals surface area contributed by atoms with Crippen molar-refractivity contribution in [1.29, 1.82) is 0 Å². The molecule has 10 heavy (non-hydrogen) atoms. The number of nitrogens with one attached hydrogen (secondary N) is 1. The molecule has 0 atom stereocenters. The molecule has 0 unspecified atom stereocenters. The summed E-state index contributed by atoms with van der Waals surface area (Å²) in [6.07, 6.45) is 2.90. The van der Waals surface area contributed by atoms with Gasteiger partial charge in [0, 0.05) is 12.2 Å². The summed E-state index contributed by atoms with van der Waals surface area (Å²) in [6.45, 7) is 0. The summed E-state index contributed by atoms with van der Waals surface area (Å²) < 4.78 is 0. The van der Waals surface area contributed by atoms with Crippen molar-refractivity contribution in [2.45, 2.75) is 11.6 Å². The van der Waals surface area contributed by atoms with E-state index in [9.17, 15) is 4.79 Å². The Morgan fingerprint density at radius 1 is 1.80 bits per heavy atom. The first kappa shape index (κ1) is 7.27. The van der Waals surface area contributed by atoms with E-state index in [2.05, 4.69) is 15.2 Å². The third kappa shape index (κ3) is 2.18. The highest BCUT2D eigenvalue weighted by molar-refractivity contribution is 7.99. The lowest BCUT2D eigenvalue weighted by Gasteiger charge is -1.88. The highest BCUT2D eigenvalue weighted by Gasteiger charge is 1.93. The van der Waals surface area contributed by atoms with E-state index in [1.165, 1.54) is 18.1 Å². The summed E-state index contributed by atoms with van der Waals surface area (Å²) in [6, 6.07) is 0. The Labute approximate surface area is 62.4 Å². The number of carbonyl (C=O) groups is 1. The molecule has 5 heteroatoms. The van der Waals surface area contributed by atoms with E-state index in [4.69, 9.17) is 0 Å². The summed E-state index contributed by atoms with van der Waals surface area (Å²) in [5, 5.41) is 7.10. The Morgan fingerprint density at radius 3 is 3.30 bits per heavy atom. The third-order valence-corrected chi connectivity index (χ3v) is 1.78. The average Bonchev–Trinajstić information content (AvgIpc) is 2.41. The molecule has 4 nitrogen and oxygen atoms in total. The molecule has 1 N–H and O–H groups in total.